The third-order valence-corrected chi connectivity index (χ3v) is 5.99. The van der Waals surface area contributed by atoms with E-state index in [9.17, 15) is 0 Å². The lowest BCUT2D eigenvalue weighted by atomic mass is 10.1. The number of hydrogen-bond donors (Lipinski definition) is 0. The molecule has 0 spiro atoms. The molecule has 6 aromatic rings. The number of rotatable bonds is 3. The Morgan fingerprint density at radius 1 is 0.774 bits per heavy atom. The second-order valence-corrected chi connectivity index (χ2v) is 7.93. The Kier molecular flexibility index (Phi) is 5.02. The van der Waals surface area contributed by atoms with Gasteiger partial charge >= 0.3 is 0 Å². The lowest BCUT2D eigenvalue weighted by molar-refractivity contribution is -0.479. The van der Waals surface area contributed by atoms with E-state index in [0.29, 0.717) is 0 Å². The Morgan fingerprint density at radius 2 is 1.55 bits per heavy atom. The van der Waals surface area contributed by atoms with Crippen molar-refractivity contribution in [3.63, 3.8) is 0 Å². The third-order valence-electron chi connectivity index (χ3n) is 5.99. The number of benzene rings is 3. The number of para-hydroxylation sites is 1. The number of aromatic nitrogens is 2. The summed E-state index contributed by atoms with van der Waals surface area (Å²) in [4.78, 5) is 2.30. The average molecular weight is 515 g/mol. The van der Waals surface area contributed by atoms with E-state index in [1.54, 1.807) is 0 Å². The first-order valence-corrected chi connectivity index (χ1v) is 10.3. The summed E-state index contributed by atoms with van der Waals surface area (Å²) < 4.78 is 4.64. The third kappa shape index (κ3) is 3.31. The molecule has 0 bridgehead atoms. The molecule has 0 aliphatic carbocycles. The van der Waals surface area contributed by atoms with E-state index >= 15 is 0 Å². The van der Waals surface area contributed by atoms with Gasteiger partial charge in [-0.05, 0) is 48.0 Å². The fraction of sp³-hybridized carbons (Fsp3) is 0.0741. The second-order valence-electron chi connectivity index (χ2n) is 7.93. The molecule has 3 heterocycles. The quantitative estimate of drug-likeness (QED) is 0.261. The lowest BCUT2D eigenvalue weighted by Crippen LogP contribution is -3.00. The normalized spacial score (nSPS) is 11.3. The maximum Gasteiger partial charge on any atom is 0.292 e. The molecule has 4 heteroatoms. The molecule has 0 unspecified atom stereocenters. The van der Waals surface area contributed by atoms with Crippen molar-refractivity contribution in [2.45, 2.75) is 6.54 Å². The Balaban J connectivity index is 0.00000204. The van der Waals surface area contributed by atoms with Gasteiger partial charge < -0.3 is 28.9 Å². The molecular formula is C27H22IN3. The van der Waals surface area contributed by atoms with Crippen molar-refractivity contribution in [1.29, 1.82) is 0 Å². The SMILES string of the molecule is CN(Cc1ccccc1)c1ccc2c(ccc3c[n+]4c5ccccc5ccc4n32)c1.[I-]. The highest BCUT2D eigenvalue weighted by Gasteiger charge is 2.17. The molecule has 6 rings (SSSR count). The van der Waals surface area contributed by atoms with Crippen LogP contribution in [0.5, 0.6) is 0 Å². The summed E-state index contributed by atoms with van der Waals surface area (Å²) in [5.41, 5.74) is 7.37. The second kappa shape index (κ2) is 7.85. The van der Waals surface area contributed by atoms with Crippen molar-refractivity contribution >= 4 is 38.7 Å². The molecule has 3 aromatic heterocycles. The molecule has 0 fully saturated rings. The molecular weight excluding hydrogens is 493 g/mol. The summed E-state index contributed by atoms with van der Waals surface area (Å²) in [5.74, 6) is 0. The first-order chi connectivity index (χ1) is 14.8. The summed E-state index contributed by atoms with van der Waals surface area (Å²) in [5, 5.41) is 2.49. The number of anilines is 1. The highest BCUT2D eigenvalue weighted by Crippen LogP contribution is 2.26. The fourth-order valence-electron chi connectivity index (χ4n) is 4.48. The molecule has 0 saturated carbocycles. The summed E-state index contributed by atoms with van der Waals surface area (Å²) >= 11 is 0. The van der Waals surface area contributed by atoms with E-state index in [0.717, 1.165) is 6.54 Å². The van der Waals surface area contributed by atoms with Crippen LogP contribution in [0.3, 0.4) is 0 Å². The van der Waals surface area contributed by atoms with Gasteiger partial charge in [-0.25, -0.2) is 0 Å². The zero-order chi connectivity index (χ0) is 20.1. The van der Waals surface area contributed by atoms with Gasteiger partial charge in [0.25, 0.3) is 5.65 Å². The first kappa shape index (κ1) is 19.8. The maximum absolute atomic E-state index is 2.35. The Hall–Kier alpha value is -3.12. The predicted octanol–water partition coefficient (Wildman–Crippen LogP) is 2.62. The van der Waals surface area contributed by atoms with Gasteiger partial charge in [0, 0.05) is 36.1 Å². The van der Waals surface area contributed by atoms with E-state index in [-0.39, 0.29) is 24.0 Å². The molecule has 0 aliphatic rings. The number of nitrogens with zero attached hydrogens (tertiary/aromatic N) is 3. The van der Waals surface area contributed by atoms with Gasteiger partial charge in [0.15, 0.2) is 5.52 Å². The van der Waals surface area contributed by atoms with Crippen molar-refractivity contribution < 1.29 is 28.4 Å². The number of imidazole rings is 1. The van der Waals surface area contributed by atoms with E-state index in [1.165, 1.54) is 44.2 Å². The van der Waals surface area contributed by atoms with Crippen LogP contribution in [-0.4, -0.2) is 11.4 Å². The van der Waals surface area contributed by atoms with Crippen molar-refractivity contribution in [2.75, 3.05) is 11.9 Å². The predicted molar refractivity (Wildman–Crippen MR) is 124 cm³/mol. The highest BCUT2D eigenvalue weighted by molar-refractivity contribution is 5.88. The van der Waals surface area contributed by atoms with Gasteiger partial charge in [-0.3, -0.25) is 0 Å². The smallest absolute Gasteiger partial charge is 0.292 e. The topological polar surface area (TPSA) is 11.8 Å². The van der Waals surface area contributed by atoms with Crippen LogP contribution in [0.2, 0.25) is 0 Å². The number of hydrogen-bond acceptors (Lipinski definition) is 1. The van der Waals surface area contributed by atoms with E-state index < -0.39 is 0 Å². The van der Waals surface area contributed by atoms with E-state index in [4.69, 9.17) is 0 Å². The fourth-order valence-corrected chi connectivity index (χ4v) is 4.48. The molecule has 0 saturated heterocycles. The molecule has 0 N–H and O–H groups in total. The van der Waals surface area contributed by atoms with E-state index in [1.807, 2.05) is 0 Å². The Bertz CT molecular complexity index is 1540. The molecule has 0 aliphatic heterocycles. The van der Waals surface area contributed by atoms with Crippen LogP contribution in [0.1, 0.15) is 5.56 Å². The summed E-state index contributed by atoms with van der Waals surface area (Å²) in [6.45, 7) is 0.892. The summed E-state index contributed by atoms with van der Waals surface area (Å²) in [7, 11) is 2.15. The monoisotopic (exact) mass is 515 g/mol. The van der Waals surface area contributed by atoms with Crippen LogP contribution < -0.4 is 33.3 Å². The minimum Gasteiger partial charge on any atom is -1.00 e. The zero-order valence-electron chi connectivity index (χ0n) is 17.2. The zero-order valence-corrected chi connectivity index (χ0v) is 19.4. The van der Waals surface area contributed by atoms with Crippen molar-refractivity contribution in [3.8, 4) is 0 Å². The van der Waals surface area contributed by atoms with Crippen LogP contribution in [0.25, 0.3) is 33.0 Å². The summed E-state index contributed by atoms with van der Waals surface area (Å²) in [6, 6.07) is 34.8. The Labute approximate surface area is 198 Å². The van der Waals surface area contributed by atoms with Crippen LogP contribution in [0.15, 0.2) is 103 Å². The molecule has 0 radical (unpaired) electrons. The average Bonchev–Trinajstić information content (AvgIpc) is 3.19. The van der Waals surface area contributed by atoms with Crippen LogP contribution in [0, 0.1) is 0 Å². The minimum absolute atomic E-state index is 0. The molecule has 0 amide bonds. The Morgan fingerprint density at radius 3 is 2.42 bits per heavy atom. The van der Waals surface area contributed by atoms with Gasteiger partial charge in [-0.1, -0.05) is 48.5 Å². The van der Waals surface area contributed by atoms with Crippen LogP contribution in [0.4, 0.5) is 5.69 Å². The molecule has 3 nitrogen and oxygen atoms in total. The van der Waals surface area contributed by atoms with Gasteiger partial charge in [0.05, 0.1) is 0 Å². The van der Waals surface area contributed by atoms with Crippen LogP contribution in [-0.2, 0) is 6.54 Å². The first-order valence-electron chi connectivity index (χ1n) is 10.3. The summed E-state index contributed by atoms with van der Waals surface area (Å²) in [6.07, 6.45) is 2.23. The largest absolute Gasteiger partial charge is 1.00 e. The van der Waals surface area contributed by atoms with Gasteiger partial charge in [0.2, 0.25) is 0 Å². The molecule has 3 aromatic carbocycles. The van der Waals surface area contributed by atoms with E-state index in [2.05, 4.69) is 124 Å². The van der Waals surface area contributed by atoms with Gasteiger partial charge in [0.1, 0.15) is 17.2 Å². The minimum atomic E-state index is 0. The lowest BCUT2D eigenvalue weighted by Gasteiger charge is -2.19. The van der Waals surface area contributed by atoms with Crippen molar-refractivity contribution in [1.82, 2.24) is 4.40 Å². The maximum atomic E-state index is 2.35. The van der Waals surface area contributed by atoms with Crippen LogP contribution >= 0.6 is 0 Å². The molecule has 152 valence electrons. The number of pyridine rings is 2. The number of halogens is 1. The molecule has 0 atom stereocenters. The van der Waals surface area contributed by atoms with Gasteiger partial charge in [-0.2, -0.15) is 8.80 Å². The van der Waals surface area contributed by atoms with Crippen molar-refractivity contribution in [2.24, 2.45) is 0 Å². The molecule has 31 heavy (non-hydrogen) atoms. The number of fused-ring (bicyclic) bond motifs is 7. The van der Waals surface area contributed by atoms with Crippen molar-refractivity contribution in [3.05, 3.63) is 109 Å². The van der Waals surface area contributed by atoms with Gasteiger partial charge in [-0.15, -0.1) is 0 Å². The highest BCUT2D eigenvalue weighted by atomic mass is 127. The standard InChI is InChI=1S/C27H22N3.HI/c1-28(18-20-7-3-2-4-8-20)23-14-15-26-22(17-23)11-13-24-19-29-25-10-6-5-9-21(25)12-16-27(29)30(24)26;/h2-17,19H,18H2,1H3;1H/q+1;/p-1.